The average Bonchev–Trinajstić information content (AvgIpc) is 2.23. The van der Waals surface area contributed by atoms with Crippen LogP contribution >= 0.6 is 11.8 Å². The standard InChI is InChI=1S/C9H12F3NO3S/c1-3-16-8(15)5(2)7(13)17-4-6(14)9(10,11)12/h5,13H,3-4H2,1-2H3. The predicted octanol–water partition coefficient (Wildman–Crippen LogP) is 2.03. The number of carbonyl (C=O) groups is 2. The molecule has 0 spiro atoms. The quantitative estimate of drug-likeness (QED) is 0.472. The molecule has 17 heavy (non-hydrogen) atoms. The molecule has 0 fully saturated rings. The Bertz CT molecular complexity index is 317. The van der Waals surface area contributed by atoms with E-state index in [-0.39, 0.29) is 11.7 Å². The zero-order chi connectivity index (χ0) is 13.6. The second-order valence-corrected chi connectivity index (χ2v) is 4.06. The van der Waals surface area contributed by atoms with Gasteiger partial charge in [0.2, 0.25) is 5.78 Å². The molecule has 0 saturated carbocycles. The van der Waals surface area contributed by atoms with Gasteiger partial charge in [0.15, 0.2) is 0 Å². The highest BCUT2D eigenvalue weighted by molar-refractivity contribution is 8.14. The van der Waals surface area contributed by atoms with Crippen LogP contribution in [0.3, 0.4) is 0 Å². The van der Waals surface area contributed by atoms with Crippen molar-refractivity contribution >= 4 is 28.6 Å². The third-order valence-corrected chi connectivity index (χ3v) is 2.78. The SMILES string of the molecule is CCOC(=O)C(C)C(=N)SCC(=O)C(F)(F)F. The highest BCUT2D eigenvalue weighted by Gasteiger charge is 2.38. The molecule has 8 heteroatoms. The van der Waals surface area contributed by atoms with Crippen LogP contribution in [0.25, 0.3) is 0 Å². The van der Waals surface area contributed by atoms with E-state index < -0.39 is 29.6 Å². The van der Waals surface area contributed by atoms with Gasteiger partial charge in [0.1, 0.15) is 5.92 Å². The molecule has 0 saturated heterocycles. The lowest BCUT2D eigenvalue weighted by Gasteiger charge is -2.11. The molecule has 1 atom stereocenters. The van der Waals surface area contributed by atoms with Crippen LogP contribution in [0.15, 0.2) is 0 Å². The molecule has 0 heterocycles. The fraction of sp³-hybridized carbons (Fsp3) is 0.667. The second kappa shape index (κ2) is 6.63. The highest BCUT2D eigenvalue weighted by Crippen LogP contribution is 2.21. The van der Waals surface area contributed by atoms with Crippen LogP contribution in [0, 0.1) is 11.3 Å². The van der Waals surface area contributed by atoms with Crippen molar-refractivity contribution in [2.75, 3.05) is 12.4 Å². The summed E-state index contributed by atoms with van der Waals surface area (Å²) >= 11 is 0.387. The Hall–Kier alpha value is -1.05. The number of thioether (sulfide) groups is 1. The lowest BCUT2D eigenvalue weighted by atomic mass is 10.2. The fourth-order valence-electron chi connectivity index (χ4n) is 0.724. The topological polar surface area (TPSA) is 67.2 Å². The molecule has 1 N–H and O–H groups in total. The average molecular weight is 271 g/mol. The van der Waals surface area contributed by atoms with Crippen LogP contribution in [0.1, 0.15) is 13.8 Å². The van der Waals surface area contributed by atoms with E-state index in [1.165, 1.54) is 6.92 Å². The number of hydrogen-bond acceptors (Lipinski definition) is 5. The van der Waals surface area contributed by atoms with Gasteiger partial charge in [0.05, 0.1) is 17.4 Å². The number of rotatable bonds is 5. The molecule has 0 radical (unpaired) electrons. The van der Waals surface area contributed by atoms with Crippen LogP contribution in [0.2, 0.25) is 0 Å². The lowest BCUT2D eigenvalue weighted by molar-refractivity contribution is -0.167. The third kappa shape index (κ3) is 5.71. The highest BCUT2D eigenvalue weighted by atomic mass is 32.2. The van der Waals surface area contributed by atoms with Crippen LogP contribution in [-0.2, 0) is 14.3 Å². The molecular formula is C9H12F3NO3S. The maximum absolute atomic E-state index is 11.9. The fourth-order valence-corrected chi connectivity index (χ4v) is 1.52. The van der Waals surface area contributed by atoms with E-state index in [4.69, 9.17) is 5.41 Å². The second-order valence-electron chi connectivity index (χ2n) is 3.05. The number of ketones is 1. The van der Waals surface area contributed by atoms with Gasteiger partial charge in [-0.25, -0.2) is 0 Å². The molecule has 0 aromatic rings. The van der Waals surface area contributed by atoms with Crippen molar-refractivity contribution in [2.45, 2.75) is 20.0 Å². The summed E-state index contributed by atoms with van der Waals surface area (Å²) in [5.41, 5.74) is 0. The van der Waals surface area contributed by atoms with Gasteiger partial charge in [-0.2, -0.15) is 13.2 Å². The minimum atomic E-state index is -4.90. The number of Topliss-reactive ketones (excluding diaryl/α,β-unsaturated/α-hetero) is 1. The Morgan fingerprint density at radius 3 is 2.35 bits per heavy atom. The molecular weight excluding hydrogens is 259 g/mol. The van der Waals surface area contributed by atoms with Crippen LogP contribution in [0.4, 0.5) is 13.2 Å². The van der Waals surface area contributed by atoms with E-state index in [0.717, 1.165) is 0 Å². The molecule has 0 aromatic carbocycles. The molecule has 0 aliphatic carbocycles. The van der Waals surface area contributed by atoms with Crippen molar-refractivity contribution in [2.24, 2.45) is 5.92 Å². The van der Waals surface area contributed by atoms with Crippen molar-refractivity contribution in [3.63, 3.8) is 0 Å². The summed E-state index contributed by atoms with van der Waals surface area (Å²) in [6.07, 6.45) is -4.90. The van der Waals surface area contributed by atoms with Gasteiger partial charge >= 0.3 is 12.1 Å². The van der Waals surface area contributed by atoms with Crippen molar-refractivity contribution < 1.29 is 27.5 Å². The molecule has 0 aromatic heterocycles. The Kier molecular flexibility index (Phi) is 6.22. The minimum absolute atomic E-state index is 0.128. The number of alkyl halides is 3. The third-order valence-electron chi connectivity index (χ3n) is 1.71. The molecule has 0 aliphatic heterocycles. The summed E-state index contributed by atoms with van der Waals surface area (Å²) in [4.78, 5) is 21.7. The van der Waals surface area contributed by atoms with Gasteiger partial charge in [-0.3, -0.25) is 15.0 Å². The minimum Gasteiger partial charge on any atom is -0.465 e. The van der Waals surface area contributed by atoms with E-state index >= 15 is 0 Å². The van der Waals surface area contributed by atoms with E-state index in [2.05, 4.69) is 4.74 Å². The zero-order valence-corrected chi connectivity index (χ0v) is 10.1. The first-order valence-corrected chi connectivity index (χ1v) is 5.66. The summed E-state index contributed by atoms with van der Waals surface area (Å²) in [7, 11) is 0. The molecule has 0 bridgehead atoms. The zero-order valence-electron chi connectivity index (χ0n) is 9.26. The number of hydrogen-bond donors (Lipinski definition) is 1. The van der Waals surface area contributed by atoms with E-state index in [1.54, 1.807) is 6.92 Å². The number of ether oxygens (including phenoxy) is 1. The van der Waals surface area contributed by atoms with Gasteiger partial charge in [0.25, 0.3) is 0 Å². The smallest absolute Gasteiger partial charge is 0.450 e. The maximum atomic E-state index is 11.9. The maximum Gasteiger partial charge on any atom is 0.450 e. The summed E-state index contributed by atoms with van der Waals surface area (Å²) in [6.45, 7) is 3.04. The van der Waals surface area contributed by atoms with Crippen molar-refractivity contribution in [1.82, 2.24) is 0 Å². The van der Waals surface area contributed by atoms with Gasteiger partial charge in [-0.15, -0.1) is 11.8 Å². The first kappa shape index (κ1) is 16.0. The molecule has 4 nitrogen and oxygen atoms in total. The summed E-state index contributed by atoms with van der Waals surface area (Å²) in [5.74, 6) is -4.47. The summed E-state index contributed by atoms with van der Waals surface area (Å²) in [6, 6.07) is 0. The normalized spacial score (nSPS) is 13.0. The predicted molar refractivity (Wildman–Crippen MR) is 57.0 cm³/mol. The van der Waals surface area contributed by atoms with Gasteiger partial charge in [-0.1, -0.05) is 0 Å². The molecule has 0 rings (SSSR count). The number of halogens is 3. The Morgan fingerprint density at radius 2 is 1.94 bits per heavy atom. The molecule has 98 valence electrons. The Balaban J connectivity index is 4.19. The Labute approximate surface area is 100 Å². The monoisotopic (exact) mass is 271 g/mol. The van der Waals surface area contributed by atoms with Crippen molar-refractivity contribution in [3.8, 4) is 0 Å². The van der Waals surface area contributed by atoms with Gasteiger partial charge < -0.3 is 4.74 Å². The van der Waals surface area contributed by atoms with E-state index in [9.17, 15) is 22.8 Å². The number of esters is 1. The Morgan fingerprint density at radius 1 is 1.41 bits per heavy atom. The van der Waals surface area contributed by atoms with Gasteiger partial charge in [-0.05, 0) is 13.8 Å². The van der Waals surface area contributed by atoms with Crippen molar-refractivity contribution in [1.29, 1.82) is 5.41 Å². The largest absolute Gasteiger partial charge is 0.465 e. The lowest BCUT2D eigenvalue weighted by Crippen LogP contribution is -2.27. The van der Waals surface area contributed by atoms with E-state index in [0.29, 0.717) is 11.8 Å². The van der Waals surface area contributed by atoms with Crippen molar-refractivity contribution in [3.05, 3.63) is 0 Å². The van der Waals surface area contributed by atoms with Crippen LogP contribution in [0.5, 0.6) is 0 Å². The molecule has 0 aliphatic rings. The van der Waals surface area contributed by atoms with Crippen LogP contribution in [-0.4, -0.2) is 35.3 Å². The number of nitrogens with one attached hydrogen (secondary N) is 1. The summed E-state index contributed by atoms with van der Waals surface area (Å²) < 4.78 is 40.2. The summed E-state index contributed by atoms with van der Waals surface area (Å²) in [5, 5.41) is 7.03. The first-order valence-electron chi connectivity index (χ1n) is 4.68. The van der Waals surface area contributed by atoms with E-state index in [1.807, 2.05) is 0 Å². The molecule has 0 amide bonds. The molecule has 1 unspecified atom stereocenters. The van der Waals surface area contributed by atoms with Crippen LogP contribution < -0.4 is 0 Å². The van der Waals surface area contributed by atoms with Gasteiger partial charge in [0, 0.05) is 0 Å². The number of carbonyl (C=O) groups excluding carboxylic acids is 2. The first-order chi connectivity index (χ1) is 7.70.